The number of thioether (sulfide) groups is 1. The third-order valence-corrected chi connectivity index (χ3v) is 3.48. The van der Waals surface area contributed by atoms with Crippen molar-refractivity contribution in [2.75, 3.05) is 5.32 Å². The normalized spacial score (nSPS) is 9.88. The average molecular weight is 243 g/mol. The van der Waals surface area contributed by atoms with Crippen molar-refractivity contribution in [1.29, 1.82) is 0 Å². The minimum Gasteiger partial charge on any atom is -0.328 e. The molecule has 0 atom stereocenters. The topological polar surface area (TPSA) is 29.1 Å². The van der Waals surface area contributed by atoms with Crippen LogP contribution in [0, 0.1) is 0 Å². The van der Waals surface area contributed by atoms with Gasteiger partial charge in [-0.3, -0.25) is 4.79 Å². The maximum Gasteiger partial charge on any atom is 0.211 e. The molecule has 2 aromatic carbocycles. The lowest BCUT2D eigenvalue weighted by Crippen LogP contribution is -1.95. The Hall–Kier alpha value is -1.74. The predicted octanol–water partition coefficient (Wildman–Crippen LogP) is 3.55. The number of anilines is 1. The summed E-state index contributed by atoms with van der Waals surface area (Å²) in [4.78, 5) is 11.6. The third-order valence-electron chi connectivity index (χ3n) is 2.34. The predicted molar refractivity (Wildman–Crippen MR) is 72.1 cm³/mol. The third kappa shape index (κ3) is 3.36. The number of amides is 1. The Bertz CT molecular complexity index is 485. The smallest absolute Gasteiger partial charge is 0.211 e. The van der Waals surface area contributed by atoms with Gasteiger partial charge in [0.15, 0.2) is 0 Å². The molecule has 1 amide bonds. The second-order valence-corrected chi connectivity index (χ2v) is 4.55. The fourth-order valence-electron chi connectivity index (χ4n) is 1.51. The molecule has 17 heavy (non-hydrogen) atoms. The maximum absolute atomic E-state index is 10.5. The van der Waals surface area contributed by atoms with Crippen molar-refractivity contribution in [3.8, 4) is 0 Å². The Morgan fingerprint density at radius 2 is 1.71 bits per heavy atom. The number of hydrogen-bond donors (Lipinski definition) is 1. The first-order chi connectivity index (χ1) is 8.40. The van der Waals surface area contributed by atoms with E-state index in [9.17, 15) is 4.79 Å². The molecule has 0 spiro atoms. The van der Waals surface area contributed by atoms with Crippen LogP contribution in [0.15, 0.2) is 59.5 Å². The Balaban J connectivity index is 2.06. The first-order valence-electron chi connectivity index (χ1n) is 5.36. The Kier molecular flexibility index (Phi) is 4.22. The molecule has 0 saturated carbocycles. The summed E-state index contributed by atoms with van der Waals surface area (Å²) in [6.07, 6.45) is 0.710. The summed E-state index contributed by atoms with van der Waals surface area (Å²) >= 11 is 1.72. The van der Waals surface area contributed by atoms with E-state index in [4.69, 9.17) is 0 Å². The van der Waals surface area contributed by atoms with Crippen LogP contribution in [0.5, 0.6) is 0 Å². The lowest BCUT2D eigenvalue weighted by Gasteiger charge is -2.07. The maximum atomic E-state index is 10.5. The standard InChI is InChI=1S/C14H13NOS/c16-11-15-13-8-4-5-9-14(13)17-10-12-6-2-1-3-7-12/h1-9,11H,10H2,(H,15,16). The van der Waals surface area contributed by atoms with Gasteiger partial charge in [-0.1, -0.05) is 42.5 Å². The molecule has 2 rings (SSSR count). The summed E-state index contributed by atoms with van der Waals surface area (Å²) in [5.41, 5.74) is 2.14. The van der Waals surface area contributed by atoms with Crippen molar-refractivity contribution < 1.29 is 4.79 Å². The van der Waals surface area contributed by atoms with Crippen molar-refractivity contribution in [2.24, 2.45) is 0 Å². The summed E-state index contributed by atoms with van der Waals surface area (Å²) < 4.78 is 0. The second-order valence-electron chi connectivity index (χ2n) is 3.53. The van der Waals surface area contributed by atoms with E-state index in [2.05, 4.69) is 17.4 Å². The molecule has 0 aliphatic rings. The fourth-order valence-corrected chi connectivity index (χ4v) is 2.48. The van der Waals surface area contributed by atoms with E-state index in [1.54, 1.807) is 11.8 Å². The van der Waals surface area contributed by atoms with Crippen LogP contribution < -0.4 is 5.32 Å². The van der Waals surface area contributed by atoms with Crippen LogP contribution in [0.25, 0.3) is 0 Å². The average Bonchev–Trinajstić information content (AvgIpc) is 2.39. The highest BCUT2D eigenvalue weighted by Gasteiger charge is 2.01. The molecule has 1 N–H and O–H groups in total. The first-order valence-corrected chi connectivity index (χ1v) is 6.34. The van der Waals surface area contributed by atoms with Gasteiger partial charge < -0.3 is 5.32 Å². The number of rotatable bonds is 5. The highest BCUT2D eigenvalue weighted by atomic mass is 32.2. The molecule has 0 radical (unpaired) electrons. The van der Waals surface area contributed by atoms with E-state index in [0.29, 0.717) is 6.41 Å². The van der Waals surface area contributed by atoms with Crippen molar-refractivity contribution in [1.82, 2.24) is 0 Å². The molecular weight excluding hydrogens is 230 g/mol. The highest BCUT2D eigenvalue weighted by Crippen LogP contribution is 2.29. The minimum absolute atomic E-state index is 0.710. The lowest BCUT2D eigenvalue weighted by molar-refractivity contribution is -0.105. The van der Waals surface area contributed by atoms with Crippen LogP contribution in [0.4, 0.5) is 5.69 Å². The van der Waals surface area contributed by atoms with Crippen LogP contribution in [-0.2, 0) is 10.5 Å². The molecule has 0 aliphatic carbocycles. The molecule has 0 saturated heterocycles. The zero-order chi connectivity index (χ0) is 11.9. The lowest BCUT2D eigenvalue weighted by atomic mass is 10.2. The van der Waals surface area contributed by atoms with Crippen LogP contribution in [-0.4, -0.2) is 6.41 Å². The van der Waals surface area contributed by atoms with Gasteiger partial charge in [-0.25, -0.2) is 0 Å². The van der Waals surface area contributed by atoms with E-state index in [-0.39, 0.29) is 0 Å². The van der Waals surface area contributed by atoms with E-state index in [1.807, 2.05) is 42.5 Å². The molecule has 0 unspecified atom stereocenters. The second kappa shape index (κ2) is 6.11. The van der Waals surface area contributed by atoms with Gasteiger partial charge in [-0.15, -0.1) is 11.8 Å². The minimum atomic E-state index is 0.710. The molecule has 0 aromatic heterocycles. The summed E-state index contributed by atoms with van der Waals surface area (Å²) in [7, 11) is 0. The molecule has 86 valence electrons. The SMILES string of the molecule is O=CNc1ccccc1SCc1ccccc1. The van der Waals surface area contributed by atoms with Crippen LogP contribution in [0.1, 0.15) is 5.56 Å². The van der Waals surface area contributed by atoms with Gasteiger partial charge in [0, 0.05) is 10.6 Å². The molecule has 0 fully saturated rings. The quantitative estimate of drug-likeness (QED) is 0.642. The fraction of sp³-hybridized carbons (Fsp3) is 0.0714. The van der Waals surface area contributed by atoms with Crippen molar-refractivity contribution >= 4 is 23.9 Å². The Morgan fingerprint density at radius 1 is 1.00 bits per heavy atom. The number of nitrogens with one attached hydrogen (secondary N) is 1. The number of hydrogen-bond acceptors (Lipinski definition) is 2. The molecule has 3 heteroatoms. The molecule has 2 aromatic rings. The Morgan fingerprint density at radius 3 is 2.47 bits per heavy atom. The highest BCUT2D eigenvalue weighted by molar-refractivity contribution is 7.98. The Labute approximate surface area is 105 Å². The molecule has 0 heterocycles. The monoisotopic (exact) mass is 243 g/mol. The zero-order valence-electron chi connectivity index (χ0n) is 9.30. The zero-order valence-corrected chi connectivity index (χ0v) is 10.1. The van der Waals surface area contributed by atoms with Crippen LogP contribution in [0.3, 0.4) is 0 Å². The largest absolute Gasteiger partial charge is 0.328 e. The van der Waals surface area contributed by atoms with E-state index in [1.165, 1.54) is 5.56 Å². The van der Waals surface area contributed by atoms with Gasteiger partial charge in [0.1, 0.15) is 0 Å². The number of carbonyl (C=O) groups excluding carboxylic acids is 1. The van der Waals surface area contributed by atoms with Gasteiger partial charge >= 0.3 is 0 Å². The van der Waals surface area contributed by atoms with Crippen LogP contribution >= 0.6 is 11.8 Å². The molecular formula is C14H13NOS. The molecule has 2 nitrogen and oxygen atoms in total. The van der Waals surface area contributed by atoms with E-state index >= 15 is 0 Å². The molecule has 0 aliphatic heterocycles. The summed E-state index contributed by atoms with van der Waals surface area (Å²) in [6.45, 7) is 0. The number of carbonyl (C=O) groups is 1. The van der Waals surface area contributed by atoms with E-state index in [0.717, 1.165) is 16.3 Å². The van der Waals surface area contributed by atoms with Crippen molar-refractivity contribution in [3.05, 3.63) is 60.2 Å². The number of para-hydroxylation sites is 1. The number of benzene rings is 2. The van der Waals surface area contributed by atoms with Crippen molar-refractivity contribution in [3.63, 3.8) is 0 Å². The van der Waals surface area contributed by atoms with Crippen molar-refractivity contribution in [2.45, 2.75) is 10.6 Å². The summed E-state index contributed by atoms with van der Waals surface area (Å²) in [5.74, 6) is 0.901. The summed E-state index contributed by atoms with van der Waals surface area (Å²) in [5, 5.41) is 2.71. The van der Waals surface area contributed by atoms with E-state index < -0.39 is 0 Å². The first kappa shape index (κ1) is 11.7. The summed E-state index contributed by atoms with van der Waals surface area (Å²) in [6, 6.07) is 18.1. The van der Waals surface area contributed by atoms with Crippen LogP contribution in [0.2, 0.25) is 0 Å². The van der Waals surface area contributed by atoms with Gasteiger partial charge in [-0.05, 0) is 17.7 Å². The van der Waals surface area contributed by atoms with Gasteiger partial charge in [-0.2, -0.15) is 0 Å². The van der Waals surface area contributed by atoms with Gasteiger partial charge in [0.05, 0.1) is 5.69 Å². The molecule has 0 bridgehead atoms. The van der Waals surface area contributed by atoms with Gasteiger partial charge in [0.25, 0.3) is 0 Å². The van der Waals surface area contributed by atoms with Gasteiger partial charge in [0.2, 0.25) is 6.41 Å².